The Morgan fingerprint density at radius 1 is 1.10 bits per heavy atom. The van der Waals surface area contributed by atoms with Crippen LogP contribution in [-0.4, -0.2) is 81.9 Å². The molecular weight excluding hydrogens is 521 g/mol. The average Bonchev–Trinajstić information content (AvgIpc) is 3.51. The van der Waals surface area contributed by atoms with E-state index in [0.29, 0.717) is 12.1 Å². The fraction of sp³-hybridized carbons (Fsp3) is 0.593. The SMILES string of the molecule is CCC(=O)C1C2CC3CNS(=O)(=O)c4cc(cc(N5CCN(C)CC5)c4)Nc4ncc(F)c(n4)N(C)C1C3C2. The van der Waals surface area contributed by atoms with Gasteiger partial charge in [0.25, 0.3) is 0 Å². The van der Waals surface area contributed by atoms with Gasteiger partial charge in [0.15, 0.2) is 11.6 Å². The zero-order valence-corrected chi connectivity index (χ0v) is 23.4. The molecular formula is C27H36FN7O3S. The molecule has 0 radical (unpaired) electrons. The van der Waals surface area contributed by atoms with Gasteiger partial charge in [-0.05, 0) is 55.8 Å². The standard InChI is InChI=1S/C27H36FN7O3S/c1-4-23(36)24-16-9-17-14-30-39(37,38)20-12-18(11-19(13-20)35-7-5-33(2)6-8-35)31-27-29-15-22(28)26(32-27)34(3)25(24)21(17)10-16/h11-13,15-17,21,24-25,30H,4-10,14H2,1-3H3,(H,29,31,32). The largest absolute Gasteiger partial charge is 0.369 e. The van der Waals surface area contributed by atoms with E-state index in [1.807, 2.05) is 13.0 Å². The van der Waals surface area contributed by atoms with Crippen molar-refractivity contribution in [2.45, 2.75) is 37.1 Å². The zero-order valence-electron chi connectivity index (χ0n) is 22.6. The first-order chi connectivity index (χ1) is 18.6. The number of nitrogens with zero attached hydrogens (tertiary/aromatic N) is 5. The number of ketones is 1. The first-order valence-corrected chi connectivity index (χ1v) is 15.3. The van der Waals surface area contributed by atoms with Crippen LogP contribution in [0.4, 0.5) is 27.5 Å². The maximum atomic E-state index is 15.2. The van der Waals surface area contributed by atoms with Crippen molar-refractivity contribution in [3.05, 3.63) is 30.2 Å². The van der Waals surface area contributed by atoms with Gasteiger partial charge in [-0.15, -0.1) is 0 Å². The van der Waals surface area contributed by atoms with Crippen LogP contribution < -0.4 is 19.8 Å². The number of Topliss-reactive ketones (excluding diaryl/α,β-unsaturated/α-hetero) is 1. The Labute approximate surface area is 229 Å². The van der Waals surface area contributed by atoms with E-state index < -0.39 is 15.8 Å². The van der Waals surface area contributed by atoms with E-state index in [1.165, 1.54) is 0 Å². The Bertz CT molecular complexity index is 1380. The van der Waals surface area contributed by atoms with Gasteiger partial charge in [0.05, 0.1) is 11.1 Å². The summed E-state index contributed by atoms with van der Waals surface area (Å²) in [6.07, 6.45) is 3.15. The molecule has 0 spiro atoms. The number of piperazine rings is 1. The molecule has 1 saturated heterocycles. The van der Waals surface area contributed by atoms with Gasteiger partial charge in [-0.2, -0.15) is 4.98 Å². The van der Waals surface area contributed by atoms with Crippen LogP contribution in [0.2, 0.25) is 0 Å². The second-order valence-electron chi connectivity index (χ2n) is 11.5. The number of hydrogen-bond donors (Lipinski definition) is 2. The van der Waals surface area contributed by atoms with E-state index in [4.69, 9.17) is 0 Å². The highest BCUT2D eigenvalue weighted by atomic mass is 32.2. The van der Waals surface area contributed by atoms with Crippen LogP contribution in [0.5, 0.6) is 0 Å². The third-order valence-electron chi connectivity index (χ3n) is 9.19. The molecule has 0 amide bonds. The molecule has 3 fully saturated rings. The number of fused-ring (bicyclic) bond motifs is 5. The summed E-state index contributed by atoms with van der Waals surface area (Å²) >= 11 is 0. The van der Waals surface area contributed by atoms with Crippen LogP contribution >= 0.6 is 0 Å². The van der Waals surface area contributed by atoms with Gasteiger partial charge in [0.1, 0.15) is 5.78 Å². The maximum Gasteiger partial charge on any atom is 0.240 e. The number of carbonyl (C=O) groups excluding carboxylic acids is 1. The van der Waals surface area contributed by atoms with E-state index in [-0.39, 0.29) is 58.7 Å². The molecule has 2 saturated carbocycles. The van der Waals surface area contributed by atoms with Crippen molar-refractivity contribution in [3.8, 4) is 0 Å². The molecule has 2 aromatic rings. The third-order valence-corrected chi connectivity index (χ3v) is 10.6. The molecule has 2 aliphatic carbocycles. The Kier molecular flexibility index (Phi) is 6.75. The van der Waals surface area contributed by atoms with Crippen LogP contribution in [0, 0.1) is 29.5 Å². The minimum atomic E-state index is -3.82. The maximum absolute atomic E-state index is 15.2. The highest BCUT2D eigenvalue weighted by molar-refractivity contribution is 7.89. The van der Waals surface area contributed by atoms with Gasteiger partial charge in [0.2, 0.25) is 16.0 Å². The number of halogens is 1. The first-order valence-electron chi connectivity index (χ1n) is 13.8. The summed E-state index contributed by atoms with van der Waals surface area (Å²) in [5, 5.41) is 3.12. The molecule has 6 rings (SSSR count). The van der Waals surface area contributed by atoms with E-state index in [1.54, 1.807) is 24.1 Å². The number of rotatable bonds is 3. The molecule has 5 unspecified atom stereocenters. The van der Waals surface area contributed by atoms with E-state index in [0.717, 1.165) is 50.9 Å². The van der Waals surface area contributed by atoms with E-state index in [9.17, 15) is 13.2 Å². The number of anilines is 4. The van der Waals surface area contributed by atoms with Crippen LogP contribution in [0.25, 0.3) is 0 Å². The van der Waals surface area contributed by atoms with Crippen molar-refractivity contribution in [3.63, 3.8) is 0 Å². The summed E-state index contributed by atoms with van der Waals surface area (Å²) in [5.41, 5.74) is 1.30. The molecule has 10 nitrogen and oxygen atoms in total. The average molecular weight is 558 g/mol. The van der Waals surface area contributed by atoms with Crippen LogP contribution in [-0.2, 0) is 14.8 Å². The number of aromatic nitrogens is 2. The summed E-state index contributed by atoms with van der Waals surface area (Å²) < 4.78 is 45.2. The summed E-state index contributed by atoms with van der Waals surface area (Å²) in [7, 11) is 0.0405. The lowest BCUT2D eigenvalue weighted by Gasteiger charge is -2.41. The van der Waals surface area contributed by atoms with Gasteiger partial charge in [-0.25, -0.2) is 22.5 Å². The Morgan fingerprint density at radius 2 is 1.87 bits per heavy atom. The summed E-state index contributed by atoms with van der Waals surface area (Å²) in [5.74, 6) is -0.0649. The first kappa shape index (κ1) is 26.4. The lowest BCUT2D eigenvalue weighted by Crippen LogP contribution is -2.50. The second-order valence-corrected chi connectivity index (χ2v) is 13.2. The summed E-state index contributed by atoms with van der Waals surface area (Å²) in [6.45, 7) is 5.45. The van der Waals surface area contributed by atoms with Gasteiger partial charge in [0, 0.05) is 69.5 Å². The Hall–Kier alpha value is -2.83. The Balaban J connectivity index is 1.44. The molecule has 2 aliphatic heterocycles. The predicted octanol–water partition coefficient (Wildman–Crippen LogP) is 2.46. The van der Waals surface area contributed by atoms with Crippen molar-refractivity contribution in [1.82, 2.24) is 19.6 Å². The number of likely N-dealkylation sites (N-methyl/N-ethyl adjacent to an activating group) is 1. The lowest BCUT2D eigenvalue weighted by molar-refractivity contribution is -0.124. The lowest BCUT2D eigenvalue weighted by atomic mass is 9.75. The van der Waals surface area contributed by atoms with E-state index in [2.05, 4.69) is 36.9 Å². The number of benzene rings is 1. The summed E-state index contributed by atoms with van der Waals surface area (Å²) in [4.78, 5) is 28.1. The van der Waals surface area contributed by atoms with Crippen LogP contribution in [0.1, 0.15) is 26.2 Å². The van der Waals surface area contributed by atoms with Gasteiger partial charge < -0.3 is 20.0 Å². The highest BCUT2D eigenvalue weighted by Crippen LogP contribution is 2.54. The molecule has 1 aromatic heterocycles. The summed E-state index contributed by atoms with van der Waals surface area (Å²) in [6, 6.07) is 4.91. The monoisotopic (exact) mass is 557 g/mol. The molecule has 1 aromatic carbocycles. The zero-order chi connectivity index (χ0) is 27.5. The Morgan fingerprint density at radius 3 is 2.62 bits per heavy atom. The van der Waals surface area contributed by atoms with Crippen LogP contribution in [0.15, 0.2) is 29.3 Å². The van der Waals surface area contributed by atoms with Crippen molar-refractivity contribution >= 4 is 38.9 Å². The number of carbonyl (C=O) groups is 1. The number of sulfonamides is 1. The van der Waals surface area contributed by atoms with Crippen LogP contribution in [0.3, 0.4) is 0 Å². The molecule has 39 heavy (non-hydrogen) atoms. The second kappa shape index (κ2) is 9.97. The normalized spacial score (nSPS) is 30.1. The topological polar surface area (TPSA) is 111 Å². The molecule has 12 heteroatoms. The predicted molar refractivity (Wildman–Crippen MR) is 147 cm³/mol. The minimum absolute atomic E-state index is 0.0452. The molecule has 5 atom stereocenters. The number of nitrogens with one attached hydrogen (secondary N) is 2. The van der Waals surface area contributed by atoms with Gasteiger partial charge >= 0.3 is 0 Å². The molecule has 3 heterocycles. The van der Waals surface area contributed by atoms with Crippen molar-refractivity contribution in [2.24, 2.45) is 23.7 Å². The molecule has 4 aliphatic rings. The fourth-order valence-electron chi connectivity index (χ4n) is 7.20. The highest BCUT2D eigenvalue weighted by Gasteiger charge is 2.56. The minimum Gasteiger partial charge on any atom is -0.369 e. The van der Waals surface area contributed by atoms with Gasteiger partial charge in [-0.3, -0.25) is 4.79 Å². The molecule has 2 N–H and O–H groups in total. The molecule has 6 bridgehead atoms. The fourth-order valence-corrected chi connectivity index (χ4v) is 8.36. The smallest absolute Gasteiger partial charge is 0.240 e. The van der Waals surface area contributed by atoms with Crippen molar-refractivity contribution in [2.75, 3.05) is 61.9 Å². The van der Waals surface area contributed by atoms with Crippen molar-refractivity contribution < 1.29 is 17.6 Å². The number of hydrogen-bond acceptors (Lipinski definition) is 9. The van der Waals surface area contributed by atoms with Gasteiger partial charge in [-0.1, -0.05) is 6.92 Å². The van der Waals surface area contributed by atoms with E-state index >= 15 is 4.39 Å². The third kappa shape index (κ3) is 4.76. The van der Waals surface area contributed by atoms with Crippen molar-refractivity contribution in [1.29, 1.82) is 0 Å². The quantitative estimate of drug-likeness (QED) is 0.588. The molecule has 210 valence electrons.